The number of nitrogens with one attached hydrogen (secondary N) is 1. The summed E-state index contributed by atoms with van der Waals surface area (Å²) < 4.78 is 0. The second kappa shape index (κ2) is 5.55. The molecule has 1 aromatic rings. The van der Waals surface area contributed by atoms with Crippen molar-refractivity contribution >= 4 is 0 Å². The van der Waals surface area contributed by atoms with Crippen LogP contribution in [0.4, 0.5) is 0 Å². The number of aromatic nitrogens is 2. The van der Waals surface area contributed by atoms with E-state index in [2.05, 4.69) is 30.1 Å². The van der Waals surface area contributed by atoms with E-state index in [9.17, 15) is 0 Å². The molecule has 3 rings (SSSR count). The van der Waals surface area contributed by atoms with E-state index in [-0.39, 0.29) is 0 Å². The fourth-order valence-electron chi connectivity index (χ4n) is 2.73. The average molecular weight is 260 g/mol. The van der Waals surface area contributed by atoms with Gasteiger partial charge in [-0.2, -0.15) is 0 Å². The lowest BCUT2D eigenvalue weighted by Gasteiger charge is -2.32. The molecule has 1 aliphatic heterocycles. The van der Waals surface area contributed by atoms with Crippen LogP contribution in [0.25, 0.3) is 0 Å². The van der Waals surface area contributed by atoms with Crippen LogP contribution in [-0.4, -0.2) is 41.0 Å². The predicted octanol–water partition coefficient (Wildman–Crippen LogP) is 1.88. The SMILES string of the molecule is CCc1cc(C2CC2)nc(C(C)N2CCNCC2)n1. The van der Waals surface area contributed by atoms with Gasteiger partial charge in [-0.1, -0.05) is 6.92 Å². The van der Waals surface area contributed by atoms with Crippen LogP contribution in [0, 0.1) is 0 Å². The number of rotatable bonds is 4. The summed E-state index contributed by atoms with van der Waals surface area (Å²) in [6.45, 7) is 8.77. The first-order valence-corrected chi connectivity index (χ1v) is 7.60. The Morgan fingerprint density at radius 1 is 1.32 bits per heavy atom. The molecule has 0 amide bonds. The third kappa shape index (κ3) is 2.95. The number of aryl methyl sites for hydroxylation is 1. The standard InChI is InChI=1S/C15H24N4/c1-3-13-10-14(12-4-5-12)18-15(17-13)11(2)19-8-6-16-7-9-19/h10-12,16H,3-9H2,1-2H3. The number of hydrogen-bond acceptors (Lipinski definition) is 4. The molecule has 0 spiro atoms. The van der Waals surface area contributed by atoms with E-state index < -0.39 is 0 Å². The molecule has 19 heavy (non-hydrogen) atoms. The van der Waals surface area contributed by atoms with Crippen LogP contribution in [0.15, 0.2) is 6.07 Å². The average Bonchev–Trinajstić information content (AvgIpc) is 3.31. The van der Waals surface area contributed by atoms with Gasteiger partial charge in [-0.05, 0) is 32.3 Å². The lowest BCUT2D eigenvalue weighted by molar-refractivity contribution is 0.178. The van der Waals surface area contributed by atoms with Crippen LogP contribution in [0.2, 0.25) is 0 Å². The van der Waals surface area contributed by atoms with Crippen LogP contribution >= 0.6 is 0 Å². The van der Waals surface area contributed by atoms with Gasteiger partial charge in [0.2, 0.25) is 0 Å². The highest BCUT2D eigenvalue weighted by Crippen LogP contribution is 2.39. The number of nitrogens with zero attached hydrogens (tertiary/aromatic N) is 3. The Morgan fingerprint density at radius 3 is 2.68 bits per heavy atom. The third-order valence-corrected chi connectivity index (χ3v) is 4.25. The first-order valence-electron chi connectivity index (χ1n) is 7.60. The van der Waals surface area contributed by atoms with E-state index in [1.807, 2.05) is 0 Å². The molecule has 1 aliphatic carbocycles. The summed E-state index contributed by atoms with van der Waals surface area (Å²) in [5.74, 6) is 1.74. The van der Waals surface area contributed by atoms with Gasteiger partial charge < -0.3 is 5.32 Å². The van der Waals surface area contributed by atoms with E-state index in [0.29, 0.717) is 12.0 Å². The van der Waals surface area contributed by atoms with E-state index in [1.54, 1.807) is 0 Å². The van der Waals surface area contributed by atoms with Crippen molar-refractivity contribution in [2.24, 2.45) is 0 Å². The van der Waals surface area contributed by atoms with E-state index >= 15 is 0 Å². The summed E-state index contributed by atoms with van der Waals surface area (Å²) in [6, 6.07) is 2.55. The zero-order chi connectivity index (χ0) is 13.2. The molecule has 4 heteroatoms. The summed E-state index contributed by atoms with van der Waals surface area (Å²) in [5.41, 5.74) is 2.48. The molecular weight excluding hydrogens is 236 g/mol. The molecule has 1 N–H and O–H groups in total. The molecule has 4 nitrogen and oxygen atoms in total. The largest absolute Gasteiger partial charge is 0.314 e. The zero-order valence-electron chi connectivity index (χ0n) is 12.0. The van der Waals surface area contributed by atoms with Gasteiger partial charge in [0.15, 0.2) is 0 Å². The molecule has 104 valence electrons. The maximum Gasteiger partial charge on any atom is 0.145 e. The Bertz CT molecular complexity index is 436. The highest BCUT2D eigenvalue weighted by atomic mass is 15.2. The Labute approximate surface area is 115 Å². The number of piperazine rings is 1. The lowest BCUT2D eigenvalue weighted by atomic mass is 10.1. The molecule has 2 aliphatic rings. The summed E-state index contributed by atoms with van der Waals surface area (Å²) in [7, 11) is 0. The molecule has 2 fully saturated rings. The van der Waals surface area contributed by atoms with Crippen LogP contribution in [-0.2, 0) is 6.42 Å². The second-order valence-corrected chi connectivity index (χ2v) is 5.73. The molecule has 2 heterocycles. The van der Waals surface area contributed by atoms with Crippen molar-refractivity contribution in [1.82, 2.24) is 20.2 Å². The third-order valence-electron chi connectivity index (χ3n) is 4.25. The van der Waals surface area contributed by atoms with Gasteiger partial charge in [0.05, 0.1) is 6.04 Å². The molecule has 0 radical (unpaired) electrons. The summed E-state index contributed by atoms with van der Waals surface area (Å²) in [4.78, 5) is 12.1. The topological polar surface area (TPSA) is 41.1 Å². The molecule has 0 bridgehead atoms. The van der Waals surface area contributed by atoms with Gasteiger partial charge in [0, 0.05) is 43.5 Å². The summed E-state index contributed by atoms with van der Waals surface area (Å²) >= 11 is 0. The van der Waals surface area contributed by atoms with Gasteiger partial charge >= 0.3 is 0 Å². The summed E-state index contributed by atoms with van der Waals surface area (Å²) in [6.07, 6.45) is 3.62. The molecular formula is C15H24N4. The smallest absolute Gasteiger partial charge is 0.145 e. The molecule has 1 saturated carbocycles. The minimum Gasteiger partial charge on any atom is -0.314 e. The fourth-order valence-corrected chi connectivity index (χ4v) is 2.73. The second-order valence-electron chi connectivity index (χ2n) is 5.73. The van der Waals surface area contributed by atoms with Crippen molar-refractivity contribution in [3.8, 4) is 0 Å². The lowest BCUT2D eigenvalue weighted by Crippen LogP contribution is -2.44. The van der Waals surface area contributed by atoms with Gasteiger partial charge in [0.25, 0.3) is 0 Å². The molecule has 0 aromatic carbocycles. The normalized spacial score (nSPS) is 22.4. The minimum atomic E-state index is 0.339. The maximum atomic E-state index is 4.85. The van der Waals surface area contributed by atoms with Crippen LogP contribution in [0.1, 0.15) is 55.9 Å². The molecule has 1 saturated heterocycles. The quantitative estimate of drug-likeness (QED) is 0.897. The first-order chi connectivity index (χ1) is 9.28. The van der Waals surface area contributed by atoms with E-state index in [0.717, 1.165) is 38.4 Å². The Balaban J connectivity index is 1.83. The van der Waals surface area contributed by atoms with Crippen molar-refractivity contribution < 1.29 is 0 Å². The number of hydrogen-bond donors (Lipinski definition) is 1. The van der Waals surface area contributed by atoms with E-state index in [1.165, 1.54) is 24.2 Å². The highest BCUT2D eigenvalue weighted by molar-refractivity contribution is 5.20. The van der Waals surface area contributed by atoms with Gasteiger partial charge in [-0.25, -0.2) is 9.97 Å². The van der Waals surface area contributed by atoms with Crippen molar-refractivity contribution in [1.29, 1.82) is 0 Å². The molecule has 1 aromatic heterocycles. The van der Waals surface area contributed by atoms with Crippen molar-refractivity contribution in [2.45, 2.75) is 45.1 Å². The van der Waals surface area contributed by atoms with E-state index in [4.69, 9.17) is 9.97 Å². The van der Waals surface area contributed by atoms with Gasteiger partial charge in [-0.3, -0.25) is 4.90 Å². The van der Waals surface area contributed by atoms with Crippen LogP contribution in [0.3, 0.4) is 0 Å². The van der Waals surface area contributed by atoms with Crippen molar-refractivity contribution in [3.05, 3.63) is 23.3 Å². The predicted molar refractivity (Wildman–Crippen MR) is 76.2 cm³/mol. The maximum absolute atomic E-state index is 4.85. The monoisotopic (exact) mass is 260 g/mol. The first kappa shape index (κ1) is 13.0. The van der Waals surface area contributed by atoms with Crippen molar-refractivity contribution in [3.63, 3.8) is 0 Å². The molecule has 1 unspecified atom stereocenters. The zero-order valence-corrected chi connectivity index (χ0v) is 12.0. The van der Waals surface area contributed by atoms with Crippen LogP contribution in [0.5, 0.6) is 0 Å². The highest BCUT2D eigenvalue weighted by Gasteiger charge is 2.27. The minimum absolute atomic E-state index is 0.339. The summed E-state index contributed by atoms with van der Waals surface area (Å²) in [5, 5.41) is 3.40. The Morgan fingerprint density at radius 2 is 2.05 bits per heavy atom. The van der Waals surface area contributed by atoms with Crippen LogP contribution < -0.4 is 5.32 Å². The fraction of sp³-hybridized carbons (Fsp3) is 0.733. The van der Waals surface area contributed by atoms with Gasteiger partial charge in [0.1, 0.15) is 5.82 Å². The van der Waals surface area contributed by atoms with Gasteiger partial charge in [-0.15, -0.1) is 0 Å². The molecule has 1 atom stereocenters. The Hall–Kier alpha value is -1.00. The Kier molecular flexibility index (Phi) is 3.80. The van der Waals surface area contributed by atoms with Crippen molar-refractivity contribution in [2.75, 3.05) is 26.2 Å².